The summed E-state index contributed by atoms with van der Waals surface area (Å²) >= 11 is 0. The molecular weight excluding hydrogens is 526 g/mol. The molecule has 2 heterocycles. The molecule has 204 valence electrons. The summed E-state index contributed by atoms with van der Waals surface area (Å²) in [5.74, 6) is -1.59. The monoisotopic (exact) mass is 553 g/mol. The van der Waals surface area contributed by atoms with Gasteiger partial charge in [0.05, 0.1) is 34.9 Å². The summed E-state index contributed by atoms with van der Waals surface area (Å²) in [5, 5.41) is 2.67. The lowest BCUT2D eigenvalue weighted by Crippen LogP contribution is -2.38. The Hall–Kier alpha value is -3.22. The normalized spacial score (nSPS) is 15.0. The predicted octanol–water partition coefficient (Wildman–Crippen LogP) is 4.61. The molecule has 1 aromatic heterocycles. The largest absolute Gasteiger partial charge is 0.417 e. The van der Waals surface area contributed by atoms with Gasteiger partial charge in [0.2, 0.25) is 0 Å². The number of aromatic nitrogens is 1. The molecule has 4 rings (SSSR count). The number of anilines is 1. The first-order valence-corrected chi connectivity index (χ1v) is 13.7. The molecule has 0 aliphatic carbocycles. The van der Waals surface area contributed by atoms with E-state index in [2.05, 4.69) is 10.2 Å². The molecular formula is C26H27F4N3O4S. The Kier molecular flexibility index (Phi) is 7.96. The number of hydrogen-bond acceptors (Lipinski definition) is 5. The summed E-state index contributed by atoms with van der Waals surface area (Å²) in [4.78, 5) is 15.4. The number of nitrogens with zero attached hydrogens (tertiary/aromatic N) is 2. The maximum absolute atomic E-state index is 13.9. The molecule has 1 fully saturated rings. The highest BCUT2D eigenvalue weighted by atomic mass is 32.2. The first kappa shape index (κ1) is 27.8. The third-order valence-corrected chi connectivity index (χ3v) is 7.55. The van der Waals surface area contributed by atoms with Crippen molar-refractivity contribution < 1.29 is 35.5 Å². The molecule has 12 heteroatoms. The first-order valence-electron chi connectivity index (χ1n) is 11.8. The van der Waals surface area contributed by atoms with Crippen LogP contribution >= 0.6 is 0 Å². The van der Waals surface area contributed by atoms with Crippen molar-refractivity contribution in [3.05, 3.63) is 71.2 Å². The van der Waals surface area contributed by atoms with E-state index in [0.717, 1.165) is 18.4 Å². The second kappa shape index (κ2) is 10.9. The number of alkyl halides is 3. The van der Waals surface area contributed by atoms with Crippen LogP contribution in [0.5, 0.6) is 0 Å². The molecule has 1 saturated heterocycles. The van der Waals surface area contributed by atoms with Crippen molar-refractivity contribution >= 4 is 21.4 Å². The van der Waals surface area contributed by atoms with Crippen LogP contribution in [0.3, 0.4) is 0 Å². The van der Waals surface area contributed by atoms with Gasteiger partial charge < -0.3 is 14.6 Å². The van der Waals surface area contributed by atoms with Crippen LogP contribution in [0.4, 0.5) is 23.2 Å². The number of amides is 1. The number of carbonyl (C=O) groups excluding carboxylic acids is 1. The molecule has 1 N–H and O–H groups in total. The predicted molar refractivity (Wildman–Crippen MR) is 134 cm³/mol. The number of halogens is 4. The smallest absolute Gasteiger partial charge is 0.379 e. The number of nitrogens with one attached hydrogen (secondary N) is 1. The van der Waals surface area contributed by atoms with Gasteiger partial charge in [0.15, 0.2) is 9.84 Å². The highest BCUT2D eigenvalue weighted by molar-refractivity contribution is 7.90. The molecule has 1 amide bonds. The number of ether oxygens (including phenoxy) is 1. The van der Waals surface area contributed by atoms with Gasteiger partial charge in [0.1, 0.15) is 5.82 Å². The molecule has 0 radical (unpaired) electrons. The zero-order valence-corrected chi connectivity index (χ0v) is 21.6. The fraction of sp³-hybridized carbons (Fsp3) is 0.346. The van der Waals surface area contributed by atoms with E-state index in [1.807, 2.05) is 0 Å². The van der Waals surface area contributed by atoms with Gasteiger partial charge in [-0.3, -0.25) is 9.69 Å². The summed E-state index contributed by atoms with van der Waals surface area (Å²) < 4.78 is 85.9. The average Bonchev–Trinajstić information content (AvgIpc) is 3.18. The van der Waals surface area contributed by atoms with Crippen LogP contribution < -0.4 is 5.32 Å². The zero-order valence-electron chi connectivity index (χ0n) is 20.8. The molecule has 0 unspecified atom stereocenters. The van der Waals surface area contributed by atoms with E-state index in [9.17, 15) is 30.8 Å². The molecule has 0 spiro atoms. The SMILES string of the molecule is Cc1c(C(=O)Nc2ccc(S(C)(=O)=O)cc2)cn(CCN2CCOCC2)c1-c1ccc(F)cc1C(F)(F)F. The number of carbonyl (C=O) groups is 1. The Balaban J connectivity index is 1.72. The summed E-state index contributed by atoms with van der Waals surface area (Å²) in [6.07, 6.45) is -2.25. The fourth-order valence-corrected chi connectivity index (χ4v) is 5.07. The maximum atomic E-state index is 13.9. The van der Waals surface area contributed by atoms with Crippen molar-refractivity contribution in [1.82, 2.24) is 9.47 Å². The van der Waals surface area contributed by atoms with Gasteiger partial charge in [-0.25, -0.2) is 12.8 Å². The van der Waals surface area contributed by atoms with E-state index in [0.29, 0.717) is 56.7 Å². The van der Waals surface area contributed by atoms with Gasteiger partial charge in [-0.05, 0) is 55.0 Å². The average molecular weight is 554 g/mol. The lowest BCUT2D eigenvalue weighted by atomic mass is 9.99. The van der Waals surface area contributed by atoms with Gasteiger partial charge >= 0.3 is 6.18 Å². The maximum Gasteiger partial charge on any atom is 0.417 e. The van der Waals surface area contributed by atoms with Gasteiger partial charge in [-0.1, -0.05) is 0 Å². The fourth-order valence-electron chi connectivity index (χ4n) is 4.44. The minimum absolute atomic E-state index is 0.0826. The zero-order chi connectivity index (χ0) is 27.7. The number of benzene rings is 2. The number of hydrogen-bond donors (Lipinski definition) is 1. The minimum Gasteiger partial charge on any atom is -0.379 e. The third kappa shape index (κ3) is 6.25. The van der Waals surface area contributed by atoms with E-state index >= 15 is 0 Å². The number of morpholine rings is 1. The number of sulfone groups is 1. The van der Waals surface area contributed by atoms with Crippen LogP contribution in [0.1, 0.15) is 21.5 Å². The Morgan fingerprint density at radius 2 is 1.71 bits per heavy atom. The van der Waals surface area contributed by atoms with E-state index in [1.54, 1.807) is 11.5 Å². The Labute approximate surface area is 217 Å². The van der Waals surface area contributed by atoms with Gasteiger partial charge in [0.25, 0.3) is 5.91 Å². The summed E-state index contributed by atoms with van der Waals surface area (Å²) in [6.45, 7) is 4.82. The highest BCUT2D eigenvalue weighted by Crippen LogP contribution is 2.40. The molecule has 0 atom stereocenters. The van der Waals surface area contributed by atoms with Crippen molar-refractivity contribution in [2.24, 2.45) is 0 Å². The molecule has 0 saturated carbocycles. The topological polar surface area (TPSA) is 80.6 Å². The first-order chi connectivity index (χ1) is 17.8. The molecule has 1 aliphatic heterocycles. The summed E-state index contributed by atoms with van der Waals surface area (Å²) in [6, 6.07) is 8.07. The lowest BCUT2D eigenvalue weighted by molar-refractivity contribution is -0.137. The standard InChI is InChI=1S/C26H27F4N3O4S/c1-17-22(25(34)31-19-4-6-20(7-5-19)38(2,35)36)16-33(10-9-32-11-13-37-14-12-32)24(17)21-8-3-18(27)15-23(21)26(28,29)30/h3-8,15-16H,9-14H2,1-2H3,(H,31,34). The summed E-state index contributed by atoms with van der Waals surface area (Å²) in [7, 11) is -3.42. The van der Waals surface area contributed by atoms with Crippen LogP contribution in [0.2, 0.25) is 0 Å². The molecule has 38 heavy (non-hydrogen) atoms. The van der Waals surface area contributed by atoms with Crippen LogP contribution in [0, 0.1) is 12.7 Å². The molecule has 3 aromatic rings. The molecule has 1 aliphatic rings. The van der Waals surface area contributed by atoms with Crippen LogP contribution in [-0.2, 0) is 27.3 Å². The van der Waals surface area contributed by atoms with Crippen LogP contribution in [0.25, 0.3) is 11.3 Å². The van der Waals surface area contributed by atoms with E-state index in [1.165, 1.54) is 30.5 Å². The van der Waals surface area contributed by atoms with E-state index in [-0.39, 0.29) is 21.7 Å². The van der Waals surface area contributed by atoms with Crippen LogP contribution in [-0.4, -0.2) is 62.9 Å². The second-order valence-electron chi connectivity index (χ2n) is 9.10. The molecule has 7 nitrogen and oxygen atoms in total. The Bertz CT molecular complexity index is 1430. The summed E-state index contributed by atoms with van der Waals surface area (Å²) in [5.41, 5.74) is -0.420. The van der Waals surface area contributed by atoms with Gasteiger partial charge in [-0.2, -0.15) is 13.2 Å². The van der Waals surface area contributed by atoms with Gasteiger partial charge in [-0.15, -0.1) is 0 Å². The molecule has 2 aromatic carbocycles. The second-order valence-corrected chi connectivity index (χ2v) is 11.1. The van der Waals surface area contributed by atoms with Crippen molar-refractivity contribution in [1.29, 1.82) is 0 Å². The number of rotatable bonds is 7. The quantitative estimate of drug-likeness (QED) is 0.433. The van der Waals surface area contributed by atoms with Crippen molar-refractivity contribution in [3.8, 4) is 11.3 Å². The van der Waals surface area contributed by atoms with Crippen molar-refractivity contribution in [2.45, 2.75) is 24.5 Å². The third-order valence-electron chi connectivity index (χ3n) is 6.42. The molecule has 0 bridgehead atoms. The Morgan fingerprint density at radius 3 is 2.32 bits per heavy atom. The Morgan fingerprint density at radius 1 is 1.05 bits per heavy atom. The lowest BCUT2D eigenvalue weighted by Gasteiger charge is -2.27. The van der Waals surface area contributed by atoms with Crippen molar-refractivity contribution in [2.75, 3.05) is 44.4 Å². The van der Waals surface area contributed by atoms with E-state index < -0.39 is 33.3 Å². The van der Waals surface area contributed by atoms with Gasteiger partial charge in [0, 0.05) is 49.9 Å². The minimum atomic E-state index is -4.81. The van der Waals surface area contributed by atoms with E-state index in [4.69, 9.17) is 4.74 Å². The van der Waals surface area contributed by atoms with Crippen LogP contribution in [0.15, 0.2) is 53.6 Å². The highest BCUT2D eigenvalue weighted by Gasteiger charge is 2.36. The van der Waals surface area contributed by atoms with Crippen molar-refractivity contribution in [3.63, 3.8) is 0 Å².